The second-order valence-corrected chi connectivity index (χ2v) is 7.56. The maximum atomic E-state index is 14.1. The van der Waals surface area contributed by atoms with E-state index in [-0.39, 0.29) is 11.7 Å². The van der Waals surface area contributed by atoms with E-state index in [4.69, 9.17) is 15.5 Å². The first-order valence-electron chi connectivity index (χ1n) is 9.77. The van der Waals surface area contributed by atoms with Crippen LogP contribution in [0.15, 0.2) is 29.4 Å². The SMILES string of the molecule is C[C@H]1Oc2nc(cnc2N)-c2c(nn(C)c2C#N)N(C)/C(N(C)C)=N\c2ccc(F)cc21. The molecular formula is C21H22FN9O. The first-order valence-corrected chi connectivity index (χ1v) is 9.77. The first kappa shape index (κ1) is 21.0. The van der Waals surface area contributed by atoms with Crippen LogP contribution in [0.25, 0.3) is 11.3 Å². The average Bonchev–Trinajstić information content (AvgIpc) is 3.09. The Hall–Kier alpha value is -4.20. The topological polar surface area (TPSA) is 121 Å². The number of nitrogen functional groups attached to an aromatic ring is 1. The van der Waals surface area contributed by atoms with Crippen LogP contribution in [0.5, 0.6) is 5.88 Å². The molecule has 32 heavy (non-hydrogen) atoms. The molecule has 0 radical (unpaired) electrons. The molecule has 1 aliphatic rings. The molecule has 1 aliphatic heterocycles. The zero-order valence-corrected chi connectivity index (χ0v) is 18.3. The molecule has 0 unspecified atom stereocenters. The molecule has 0 spiro atoms. The number of hydrogen-bond acceptors (Lipinski definition) is 9. The summed E-state index contributed by atoms with van der Waals surface area (Å²) < 4.78 is 21.6. The number of aryl methyl sites for hydroxylation is 1. The molecule has 0 aliphatic carbocycles. The predicted molar refractivity (Wildman–Crippen MR) is 118 cm³/mol. The number of nitrogens with zero attached hydrogens (tertiary/aromatic N) is 8. The number of rotatable bonds is 0. The Labute approximate surface area is 184 Å². The van der Waals surface area contributed by atoms with E-state index in [0.29, 0.717) is 40.0 Å². The van der Waals surface area contributed by atoms with Gasteiger partial charge in [-0.2, -0.15) is 10.4 Å². The van der Waals surface area contributed by atoms with Gasteiger partial charge in [-0.15, -0.1) is 0 Å². The van der Waals surface area contributed by atoms with Crippen molar-refractivity contribution in [3.05, 3.63) is 41.5 Å². The van der Waals surface area contributed by atoms with Crippen LogP contribution >= 0.6 is 0 Å². The van der Waals surface area contributed by atoms with Gasteiger partial charge in [0.2, 0.25) is 5.96 Å². The Kier molecular flexibility index (Phi) is 5.14. The normalized spacial score (nSPS) is 17.0. The molecule has 1 atom stereocenters. The summed E-state index contributed by atoms with van der Waals surface area (Å²) in [6.07, 6.45) is 0.835. The van der Waals surface area contributed by atoms with Crippen molar-refractivity contribution in [1.29, 1.82) is 5.26 Å². The minimum absolute atomic E-state index is 0.0731. The van der Waals surface area contributed by atoms with Gasteiger partial charge in [-0.25, -0.2) is 19.4 Å². The van der Waals surface area contributed by atoms with Crippen molar-refractivity contribution in [2.24, 2.45) is 12.0 Å². The Balaban J connectivity index is 2.08. The molecule has 0 saturated carbocycles. The fourth-order valence-corrected chi connectivity index (χ4v) is 3.56. The number of halogens is 1. The lowest BCUT2D eigenvalue weighted by Crippen LogP contribution is -2.38. The summed E-state index contributed by atoms with van der Waals surface area (Å²) in [7, 11) is 7.12. The number of guanidine groups is 1. The number of aromatic nitrogens is 4. The van der Waals surface area contributed by atoms with Crippen LogP contribution in [0, 0.1) is 17.1 Å². The molecule has 2 aromatic heterocycles. The maximum absolute atomic E-state index is 14.1. The maximum Gasteiger partial charge on any atom is 0.258 e. The molecule has 2 N–H and O–H groups in total. The van der Waals surface area contributed by atoms with Gasteiger partial charge in [0.1, 0.15) is 23.7 Å². The Bertz CT molecular complexity index is 1280. The summed E-state index contributed by atoms with van der Waals surface area (Å²) >= 11 is 0. The molecule has 3 heterocycles. The zero-order chi connectivity index (χ0) is 23.2. The monoisotopic (exact) mass is 435 g/mol. The standard InChI is InChI=1S/C21H22FN9O/c1-11-13-8-12(22)6-7-14(13)27-21(29(2)3)30(4)19-17(16(9-23)31(5)28-19)15-10-25-18(24)20(26-15)32-11/h6-8,10-11H,1-5H3,(H2,24,25)/b27-21-/t11-/m1/s1. The number of aliphatic imine (C=N–C) groups is 1. The van der Waals surface area contributed by atoms with Crippen LogP contribution in [-0.4, -0.2) is 51.8 Å². The van der Waals surface area contributed by atoms with Crippen molar-refractivity contribution in [3.63, 3.8) is 0 Å². The highest BCUT2D eigenvalue weighted by molar-refractivity contribution is 6.00. The Morgan fingerprint density at radius 1 is 1.28 bits per heavy atom. The fourth-order valence-electron chi connectivity index (χ4n) is 3.56. The van der Waals surface area contributed by atoms with Crippen molar-refractivity contribution < 1.29 is 9.13 Å². The van der Waals surface area contributed by atoms with Gasteiger partial charge in [0.05, 0.1) is 23.1 Å². The third kappa shape index (κ3) is 3.45. The number of nitrogens with two attached hydrogens (primary N) is 1. The largest absolute Gasteiger partial charge is 0.467 e. The Morgan fingerprint density at radius 2 is 2.03 bits per heavy atom. The van der Waals surface area contributed by atoms with E-state index in [9.17, 15) is 9.65 Å². The lowest BCUT2D eigenvalue weighted by atomic mass is 10.1. The third-order valence-electron chi connectivity index (χ3n) is 5.11. The van der Waals surface area contributed by atoms with E-state index >= 15 is 0 Å². The summed E-state index contributed by atoms with van der Waals surface area (Å²) in [5, 5.41) is 14.3. The van der Waals surface area contributed by atoms with Crippen molar-refractivity contribution in [1.82, 2.24) is 24.6 Å². The van der Waals surface area contributed by atoms with Crippen molar-refractivity contribution in [2.75, 3.05) is 31.8 Å². The molecule has 10 nitrogen and oxygen atoms in total. The van der Waals surface area contributed by atoms with Gasteiger partial charge in [-0.3, -0.25) is 9.58 Å². The van der Waals surface area contributed by atoms with E-state index in [1.807, 2.05) is 14.1 Å². The van der Waals surface area contributed by atoms with Crippen LogP contribution < -0.4 is 15.4 Å². The number of ether oxygens (including phenoxy) is 1. The number of benzene rings is 1. The van der Waals surface area contributed by atoms with E-state index in [0.717, 1.165) is 0 Å². The molecule has 4 rings (SSSR count). The van der Waals surface area contributed by atoms with Gasteiger partial charge in [0.25, 0.3) is 5.88 Å². The van der Waals surface area contributed by atoms with Crippen molar-refractivity contribution in [3.8, 4) is 23.2 Å². The molecule has 0 saturated heterocycles. The van der Waals surface area contributed by atoms with Crippen LogP contribution in [0.1, 0.15) is 24.3 Å². The highest BCUT2D eigenvalue weighted by Gasteiger charge is 2.28. The molecule has 11 heteroatoms. The van der Waals surface area contributed by atoms with Gasteiger partial charge in [0, 0.05) is 33.8 Å². The van der Waals surface area contributed by atoms with Crippen LogP contribution in [0.4, 0.5) is 21.7 Å². The van der Waals surface area contributed by atoms with Gasteiger partial charge in [-0.1, -0.05) is 0 Å². The van der Waals surface area contributed by atoms with E-state index in [1.54, 1.807) is 36.9 Å². The minimum atomic E-state index is -0.631. The van der Waals surface area contributed by atoms with Gasteiger partial charge >= 0.3 is 0 Å². The van der Waals surface area contributed by atoms with Gasteiger partial charge in [0.15, 0.2) is 11.6 Å². The van der Waals surface area contributed by atoms with Crippen molar-refractivity contribution >= 4 is 23.3 Å². The molecule has 0 amide bonds. The highest BCUT2D eigenvalue weighted by Crippen LogP contribution is 2.37. The van der Waals surface area contributed by atoms with Gasteiger partial charge in [-0.05, 0) is 25.1 Å². The van der Waals surface area contributed by atoms with E-state index in [2.05, 4.69) is 21.1 Å². The van der Waals surface area contributed by atoms with Crippen LogP contribution in [0.2, 0.25) is 0 Å². The first-order chi connectivity index (χ1) is 15.2. The summed E-state index contributed by atoms with van der Waals surface area (Å²) in [5.41, 5.74) is 8.17. The second kappa shape index (κ2) is 7.81. The quantitative estimate of drug-likeness (QED) is 0.572. The predicted octanol–water partition coefficient (Wildman–Crippen LogP) is 2.61. The smallest absolute Gasteiger partial charge is 0.258 e. The van der Waals surface area contributed by atoms with Crippen LogP contribution in [0.3, 0.4) is 0 Å². The number of anilines is 2. The van der Waals surface area contributed by atoms with Gasteiger partial charge < -0.3 is 15.4 Å². The molecule has 3 aromatic rings. The minimum Gasteiger partial charge on any atom is -0.467 e. The summed E-state index contributed by atoms with van der Waals surface area (Å²) in [4.78, 5) is 17.1. The van der Waals surface area contributed by atoms with E-state index in [1.165, 1.54) is 23.0 Å². The molecule has 1 aromatic carbocycles. The second-order valence-electron chi connectivity index (χ2n) is 7.56. The highest BCUT2D eigenvalue weighted by atomic mass is 19.1. The lowest BCUT2D eigenvalue weighted by molar-refractivity contribution is 0.218. The summed E-state index contributed by atoms with van der Waals surface area (Å²) in [6, 6.07) is 6.46. The average molecular weight is 435 g/mol. The molecule has 0 fully saturated rings. The number of fused-ring (bicyclic) bond motifs is 5. The summed E-state index contributed by atoms with van der Waals surface area (Å²) in [6.45, 7) is 1.75. The summed E-state index contributed by atoms with van der Waals surface area (Å²) in [5.74, 6) is 0.686. The van der Waals surface area contributed by atoms with Crippen LogP contribution in [-0.2, 0) is 7.05 Å². The lowest BCUT2D eigenvalue weighted by Gasteiger charge is -2.27. The van der Waals surface area contributed by atoms with E-state index < -0.39 is 11.9 Å². The molecular weight excluding hydrogens is 413 g/mol. The zero-order valence-electron chi connectivity index (χ0n) is 18.3. The number of hydrogen-bond donors (Lipinski definition) is 1. The number of nitriles is 1. The fraction of sp³-hybridized carbons (Fsp3) is 0.286. The Morgan fingerprint density at radius 3 is 2.72 bits per heavy atom. The van der Waals surface area contributed by atoms with Crippen molar-refractivity contribution in [2.45, 2.75) is 13.0 Å². The third-order valence-corrected chi connectivity index (χ3v) is 5.11. The molecule has 164 valence electrons. The molecule has 2 bridgehead atoms.